The Morgan fingerprint density at radius 2 is 2.24 bits per heavy atom. The van der Waals surface area contributed by atoms with Crippen molar-refractivity contribution < 1.29 is 14.4 Å². The van der Waals surface area contributed by atoms with E-state index in [1.807, 2.05) is 13.0 Å². The number of nitrogens with zero attached hydrogens (tertiary/aromatic N) is 1. The van der Waals surface area contributed by atoms with E-state index >= 15 is 0 Å². The minimum atomic E-state index is -0.657. The van der Waals surface area contributed by atoms with Crippen LogP contribution in [0.1, 0.15) is 37.1 Å². The molecular formula is C12H18N2O3. The molecule has 94 valence electrons. The van der Waals surface area contributed by atoms with E-state index < -0.39 is 5.97 Å². The van der Waals surface area contributed by atoms with Gasteiger partial charge in [-0.15, -0.1) is 0 Å². The van der Waals surface area contributed by atoms with Gasteiger partial charge in [0.2, 0.25) is 0 Å². The van der Waals surface area contributed by atoms with Crippen LogP contribution in [0.15, 0.2) is 10.6 Å². The maximum Gasteiger partial charge on any atom is 0.306 e. The van der Waals surface area contributed by atoms with Gasteiger partial charge in [0, 0.05) is 18.7 Å². The van der Waals surface area contributed by atoms with Gasteiger partial charge in [-0.05, 0) is 32.6 Å². The Bertz CT molecular complexity index is 381. The van der Waals surface area contributed by atoms with Crippen LogP contribution in [0.3, 0.4) is 0 Å². The van der Waals surface area contributed by atoms with Crippen LogP contribution in [0.25, 0.3) is 0 Å². The van der Waals surface area contributed by atoms with E-state index in [4.69, 9.17) is 9.63 Å². The number of aliphatic carboxylic acids is 1. The summed E-state index contributed by atoms with van der Waals surface area (Å²) in [5, 5.41) is 16.2. The molecule has 1 aliphatic rings. The molecule has 1 aliphatic carbocycles. The predicted molar refractivity (Wildman–Crippen MR) is 61.5 cm³/mol. The van der Waals surface area contributed by atoms with E-state index in [2.05, 4.69) is 10.5 Å². The number of carboxylic acids is 1. The maximum absolute atomic E-state index is 10.8. The second kappa shape index (κ2) is 5.31. The van der Waals surface area contributed by atoms with Crippen LogP contribution in [0, 0.1) is 12.8 Å². The summed E-state index contributed by atoms with van der Waals surface area (Å²) in [5.41, 5.74) is 0.905. The molecule has 0 radical (unpaired) electrons. The summed E-state index contributed by atoms with van der Waals surface area (Å²) in [5.74, 6) is 0.00862. The lowest BCUT2D eigenvalue weighted by Crippen LogP contribution is -2.34. The Kier molecular flexibility index (Phi) is 3.78. The number of rotatable bonds is 4. The minimum Gasteiger partial charge on any atom is -0.481 e. The predicted octanol–water partition coefficient (Wildman–Crippen LogP) is 1.72. The molecule has 2 N–H and O–H groups in total. The second-order valence-electron chi connectivity index (χ2n) is 4.70. The molecule has 0 aromatic carbocycles. The molecule has 2 rings (SSSR count). The van der Waals surface area contributed by atoms with E-state index in [-0.39, 0.29) is 5.92 Å². The van der Waals surface area contributed by atoms with Crippen LogP contribution in [-0.4, -0.2) is 22.3 Å². The lowest BCUT2D eigenvalue weighted by molar-refractivity contribution is -0.142. The number of nitrogens with one attached hydrogen (secondary N) is 1. The van der Waals surface area contributed by atoms with Crippen molar-refractivity contribution in [3.05, 3.63) is 17.5 Å². The molecule has 0 atom stereocenters. The second-order valence-corrected chi connectivity index (χ2v) is 4.70. The van der Waals surface area contributed by atoms with Crippen LogP contribution in [0.5, 0.6) is 0 Å². The summed E-state index contributed by atoms with van der Waals surface area (Å²) in [6.07, 6.45) is 3.39. The van der Waals surface area contributed by atoms with Gasteiger partial charge in [-0.3, -0.25) is 4.79 Å². The van der Waals surface area contributed by atoms with Crippen molar-refractivity contribution in [1.29, 1.82) is 0 Å². The normalized spacial score (nSPS) is 24.8. The summed E-state index contributed by atoms with van der Waals surface area (Å²) in [7, 11) is 0. The first-order chi connectivity index (χ1) is 8.15. The zero-order chi connectivity index (χ0) is 12.3. The number of carboxylic acid groups (broad SMARTS) is 1. The lowest BCUT2D eigenvalue weighted by atomic mass is 9.86. The number of aryl methyl sites for hydroxylation is 1. The molecular weight excluding hydrogens is 220 g/mol. The third kappa shape index (κ3) is 3.30. The SMILES string of the molecule is Cc1cc(CNC2CCC(C(=O)O)CC2)no1. The van der Waals surface area contributed by atoms with Crippen LogP contribution in [0.4, 0.5) is 0 Å². The Morgan fingerprint density at radius 1 is 1.53 bits per heavy atom. The molecule has 1 aromatic rings. The number of hydrogen-bond donors (Lipinski definition) is 2. The molecule has 0 amide bonds. The highest BCUT2D eigenvalue weighted by molar-refractivity contribution is 5.70. The maximum atomic E-state index is 10.8. The molecule has 17 heavy (non-hydrogen) atoms. The zero-order valence-corrected chi connectivity index (χ0v) is 9.98. The van der Waals surface area contributed by atoms with Gasteiger partial charge in [-0.1, -0.05) is 5.16 Å². The van der Waals surface area contributed by atoms with Crippen LogP contribution >= 0.6 is 0 Å². The van der Waals surface area contributed by atoms with Crippen LogP contribution in [-0.2, 0) is 11.3 Å². The highest BCUT2D eigenvalue weighted by Gasteiger charge is 2.25. The summed E-state index contributed by atoms with van der Waals surface area (Å²) < 4.78 is 4.99. The highest BCUT2D eigenvalue weighted by atomic mass is 16.5. The Balaban J connectivity index is 1.73. The van der Waals surface area contributed by atoms with Crippen molar-refractivity contribution in [3.8, 4) is 0 Å². The monoisotopic (exact) mass is 238 g/mol. The largest absolute Gasteiger partial charge is 0.481 e. The summed E-state index contributed by atoms with van der Waals surface area (Å²) in [6.45, 7) is 2.56. The quantitative estimate of drug-likeness (QED) is 0.835. The highest BCUT2D eigenvalue weighted by Crippen LogP contribution is 2.24. The van der Waals surface area contributed by atoms with Crippen molar-refractivity contribution in [2.45, 2.75) is 45.2 Å². The molecule has 1 aromatic heterocycles. The van der Waals surface area contributed by atoms with Crippen LogP contribution < -0.4 is 5.32 Å². The van der Waals surface area contributed by atoms with E-state index in [1.165, 1.54) is 0 Å². The van der Waals surface area contributed by atoms with Crippen molar-refractivity contribution in [2.24, 2.45) is 5.92 Å². The fourth-order valence-electron chi connectivity index (χ4n) is 2.29. The van der Waals surface area contributed by atoms with Crippen molar-refractivity contribution >= 4 is 5.97 Å². The van der Waals surface area contributed by atoms with Crippen molar-refractivity contribution in [1.82, 2.24) is 10.5 Å². The van der Waals surface area contributed by atoms with Gasteiger partial charge >= 0.3 is 5.97 Å². The molecule has 0 aliphatic heterocycles. The van der Waals surface area contributed by atoms with Gasteiger partial charge in [0.05, 0.1) is 11.6 Å². The first-order valence-corrected chi connectivity index (χ1v) is 6.03. The molecule has 0 saturated heterocycles. The summed E-state index contributed by atoms with van der Waals surface area (Å²) >= 11 is 0. The first-order valence-electron chi connectivity index (χ1n) is 6.03. The third-order valence-corrected chi connectivity index (χ3v) is 3.33. The molecule has 5 heteroatoms. The average molecular weight is 238 g/mol. The van der Waals surface area contributed by atoms with Gasteiger partial charge in [0.25, 0.3) is 0 Å². The van der Waals surface area contributed by atoms with Crippen LogP contribution in [0.2, 0.25) is 0 Å². The van der Waals surface area contributed by atoms with Gasteiger partial charge in [-0.25, -0.2) is 0 Å². The topological polar surface area (TPSA) is 75.4 Å². The fraction of sp³-hybridized carbons (Fsp3) is 0.667. The smallest absolute Gasteiger partial charge is 0.306 e. The summed E-state index contributed by atoms with van der Waals surface area (Å²) in [6, 6.07) is 2.32. The molecule has 1 fully saturated rings. The van der Waals surface area contributed by atoms with Gasteiger partial charge in [-0.2, -0.15) is 0 Å². The zero-order valence-electron chi connectivity index (χ0n) is 9.98. The van der Waals surface area contributed by atoms with E-state index in [0.717, 1.165) is 37.1 Å². The Hall–Kier alpha value is -1.36. The van der Waals surface area contributed by atoms with E-state index in [9.17, 15) is 4.79 Å². The van der Waals surface area contributed by atoms with Gasteiger partial charge in [0.1, 0.15) is 5.76 Å². The van der Waals surface area contributed by atoms with E-state index in [0.29, 0.717) is 12.6 Å². The number of aromatic nitrogens is 1. The third-order valence-electron chi connectivity index (χ3n) is 3.33. The molecule has 0 unspecified atom stereocenters. The van der Waals surface area contributed by atoms with Crippen molar-refractivity contribution in [2.75, 3.05) is 0 Å². The standard InChI is InChI=1S/C12H18N2O3/c1-8-6-11(14-17-8)7-13-10-4-2-9(3-5-10)12(15)16/h6,9-10,13H,2-5,7H2,1H3,(H,15,16). The lowest BCUT2D eigenvalue weighted by Gasteiger charge is -2.26. The van der Waals surface area contributed by atoms with Crippen molar-refractivity contribution in [3.63, 3.8) is 0 Å². The van der Waals surface area contributed by atoms with Gasteiger partial charge < -0.3 is 14.9 Å². The molecule has 1 heterocycles. The fourth-order valence-corrected chi connectivity index (χ4v) is 2.29. The Labute approximate surface area is 100 Å². The minimum absolute atomic E-state index is 0.151. The Morgan fingerprint density at radius 3 is 2.76 bits per heavy atom. The molecule has 0 bridgehead atoms. The summed E-state index contributed by atoms with van der Waals surface area (Å²) in [4.78, 5) is 10.8. The first kappa shape index (κ1) is 12.1. The molecule has 5 nitrogen and oxygen atoms in total. The molecule has 0 spiro atoms. The van der Waals surface area contributed by atoms with E-state index in [1.54, 1.807) is 0 Å². The number of hydrogen-bond acceptors (Lipinski definition) is 4. The molecule has 1 saturated carbocycles. The number of carbonyl (C=O) groups is 1. The van der Waals surface area contributed by atoms with Gasteiger partial charge in [0.15, 0.2) is 0 Å². The average Bonchev–Trinajstić information content (AvgIpc) is 2.73.